The van der Waals surface area contributed by atoms with Crippen molar-refractivity contribution in [2.45, 2.75) is 12.3 Å². The fraction of sp³-hybridized carbons (Fsp3) is 0.0741. The Balaban J connectivity index is 1.61. The maximum atomic E-state index is 6.08. The number of allylic oxidation sites excluding steroid dienone is 4. The summed E-state index contributed by atoms with van der Waals surface area (Å²) in [5.74, 6) is 2.28. The molecule has 3 aromatic carbocycles. The molecule has 0 radical (unpaired) electrons. The lowest BCUT2D eigenvalue weighted by atomic mass is 9.99. The number of hydrogen-bond acceptors (Lipinski definition) is 4. The van der Waals surface area contributed by atoms with Crippen molar-refractivity contribution in [3.8, 4) is 22.8 Å². The maximum Gasteiger partial charge on any atom is 0.164 e. The molecule has 4 nitrogen and oxygen atoms in total. The second kappa shape index (κ2) is 7.33. The lowest BCUT2D eigenvalue weighted by Crippen LogP contribution is -2.07. The fourth-order valence-corrected chi connectivity index (χ4v) is 4.13. The first-order valence-corrected chi connectivity index (χ1v) is 10.4. The number of benzene rings is 3. The van der Waals surface area contributed by atoms with E-state index in [1.165, 1.54) is 0 Å². The van der Waals surface area contributed by atoms with E-state index in [9.17, 15) is 0 Å². The second-order valence-electron chi connectivity index (χ2n) is 7.64. The van der Waals surface area contributed by atoms with E-state index >= 15 is 0 Å². The van der Waals surface area contributed by atoms with Crippen LogP contribution >= 0.6 is 0 Å². The van der Waals surface area contributed by atoms with E-state index in [1.807, 2.05) is 60.7 Å². The molecular weight excluding hydrogens is 382 g/mol. The van der Waals surface area contributed by atoms with E-state index < -0.39 is 0 Å². The Morgan fingerprint density at radius 1 is 0.710 bits per heavy atom. The molecule has 0 unspecified atom stereocenters. The van der Waals surface area contributed by atoms with Gasteiger partial charge in [-0.1, -0.05) is 85.0 Å². The summed E-state index contributed by atoms with van der Waals surface area (Å²) in [5, 5.41) is 2.10. The van der Waals surface area contributed by atoms with Crippen LogP contribution in [0.3, 0.4) is 0 Å². The molecule has 148 valence electrons. The second-order valence-corrected chi connectivity index (χ2v) is 7.64. The molecule has 0 saturated carbocycles. The number of aromatic nitrogens is 3. The van der Waals surface area contributed by atoms with Gasteiger partial charge in [0.1, 0.15) is 17.0 Å². The molecule has 5 aromatic rings. The van der Waals surface area contributed by atoms with Crippen LogP contribution in [0, 0.1) is 0 Å². The van der Waals surface area contributed by atoms with Crippen molar-refractivity contribution in [2.75, 3.05) is 0 Å². The predicted octanol–water partition coefficient (Wildman–Crippen LogP) is 6.70. The minimum Gasteiger partial charge on any atom is -0.456 e. The molecule has 1 aliphatic carbocycles. The largest absolute Gasteiger partial charge is 0.456 e. The Kier molecular flexibility index (Phi) is 4.20. The Hall–Kier alpha value is -4.05. The lowest BCUT2D eigenvalue weighted by Gasteiger charge is -2.14. The molecule has 0 fully saturated rings. The van der Waals surface area contributed by atoms with Gasteiger partial charge in [-0.3, -0.25) is 0 Å². The molecule has 0 saturated heterocycles. The first-order chi connectivity index (χ1) is 15.4. The molecule has 0 amide bonds. The zero-order valence-electron chi connectivity index (χ0n) is 16.8. The third-order valence-electron chi connectivity index (χ3n) is 5.64. The van der Waals surface area contributed by atoms with E-state index in [0.29, 0.717) is 11.6 Å². The highest BCUT2D eigenvalue weighted by Gasteiger charge is 2.19. The predicted molar refractivity (Wildman–Crippen MR) is 124 cm³/mol. The number of hydrogen-bond donors (Lipinski definition) is 0. The molecule has 31 heavy (non-hydrogen) atoms. The Bertz CT molecular complexity index is 1460. The van der Waals surface area contributed by atoms with Crippen molar-refractivity contribution < 1.29 is 4.42 Å². The van der Waals surface area contributed by atoms with Crippen LogP contribution in [-0.2, 0) is 0 Å². The fourth-order valence-electron chi connectivity index (χ4n) is 4.13. The SMILES string of the molecule is C1=CC[C@@H](c2nc(-c3ccccc3)nc(-c3cccc4oc5ccccc5c34)n2)C=C1. The van der Waals surface area contributed by atoms with Crippen molar-refractivity contribution in [1.29, 1.82) is 0 Å². The third-order valence-corrected chi connectivity index (χ3v) is 5.64. The third kappa shape index (κ3) is 3.13. The minimum absolute atomic E-state index is 0.134. The average Bonchev–Trinajstić information content (AvgIpc) is 3.24. The lowest BCUT2D eigenvalue weighted by molar-refractivity contribution is 0.669. The van der Waals surface area contributed by atoms with E-state index in [2.05, 4.69) is 36.4 Å². The molecule has 1 aliphatic rings. The molecule has 6 rings (SSSR count). The standard InChI is InChI=1S/C27H19N3O/c1-3-10-18(11-4-1)25-28-26(19-12-5-2-6-13-19)30-27(29-25)21-15-9-17-23-24(21)20-14-7-8-16-22(20)31-23/h1-12,14-17,19H,13H2/t19-/m0/s1. The van der Waals surface area contributed by atoms with Gasteiger partial charge in [-0.05, 0) is 18.6 Å². The van der Waals surface area contributed by atoms with Gasteiger partial charge in [0, 0.05) is 27.8 Å². The van der Waals surface area contributed by atoms with Gasteiger partial charge in [-0.25, -0.2) is 15.0 Å². The molecular formula is C27H19N3O. The van der Waals surface area contributed by atoms with Gasteiger partial charge in [-0.15, -0.1) is 0 Å². The number of nitrogens with zero attached hydrogens (tertiary/aromatic N) is 3. The summed E-state index contributed by atoms with van der Waals surface area (Å²) in [4.78, 5) is 14.7. The summed E-state index contributed by atoms with van der Waals surface area (Å²) in [6.45, 7) is 0. The quantitative estimate of drug-likeness (QED) is 0.337. The molecule has 4 heteroatoms. The van der Waals surface area contributed by atoms with Gasteiger partial charge in [0.05, 0.1) is 0 Å². The number of para-hydroxylation sites is 1. The summed E-state index contributed by atoms with van der Waals surface area (Å²) in [7, 11) is 0. The first-order valence-electron chi connectivity index (χ1n) is 10.4. The topological polar surface area (TPSA) is 51.8 Å². The van der Waals surface area contributed by atoms with Crippen LogP contribution in [0.4, 0.5) is 0 Å². The van der Waals surface area contributed by atoms with Crippen LogP contribution < -0.4 is 0 Å². The van der Waals surface area contributed by atoms with Gasteiger partial charge >= 0.3 is 0 Å². The molecule has 0 bridgehead atoms. The van der Waals surface area contributed by atoms with Crippen LogP contribution in [0.2, 0.25) is 0 Å². The summed E-state index contributed by atoms with van der Waals surface area (Å²) in [6, 6.07) is 24.2. The average molecular weight is 401 g/mol. The summed E-state index contributed by atoms with van der Waals surface area (Å²) < 4.78 is 6.08. The monoisotopic (exact) mass is 401 g/mol. The number of rotatable bonds is 3. The highest BCUT2D eigenvalue weighted by Crippen LogP contribution is 2.36. The van der Waals surface area contributed by atoms with Gasteiger partial charge in [0.25, 0.3) is 0 Å². The Morgan fingerprint density at radius 2 is 1.52 bits per heavy atom. The van der Waals surface area contributed by atoms with Crippen LogP contribution in [0.25, 0.3) is 44.7 Å². The Morgan fingerprint density at radius 3 is 2.39 bits per heavy atom. The Labute approximate surface area is 179 Å². The maximum absolute atomic E-state index is 6.08. The van der Waals surface area contributed by atoms with Gasteiger partial charge < -0.3 is 4.42 Å². The van der Waals surface area contributed by atoms with Gasteiger partial charge in [0.15, 0.2) is 11.6 Å². The van der Waals surface area contributed by atoms with E-state index in [-0.39, 0.29) is 5.92 Å². The zero-order chi connectivity index (χ0) is 20.6. The highest BCUT2D eigenvalue weighted by molar-refractivity contribution is 6.11. The summed E-state index contributed by atoms with van der Waals surface area (Å²) in [5.41, 5.74) is 3.64. The molecule has 0 aliphatic heterocycles. The van der Waals surface area contributed by atoms with Gasteiger partial charge in [-0.2, -0.15) is 0 Å². The van der Waals surface area contributed by atoms with E-state index in [4.69, 9.17) is 19.4 Å². The van der Waals surface area contributed by atoms with Crippen molar-refractivity contribution in [2.24, 2.45) is 0 Å². The van der Waals surface area contributed by atoms with E-state index in [0.717, 1.165) is 45.3 Å². The number of furan rings is 1. The van der Waals surface area contributed by atoms with Crippen molar-refractivity contribution >= 4 is 21.9 Å². The molecule has 0 N–H and O–H groups in total. The minimum atomic E-state index is 0.134. The molecule has 1 atom stereocenters. The summed E-state index contributed by atoms with van der Waals surface area (Å²) in [6.07, 6.45) is 9.31. The smallest absolute Gasteiger partial charge is 0.164 e. The normalized spacial score (nSPS) is 15.7. The van der Waals surface area contributed by atoms with E-state index in [1.54, 1.807) is 0 Å². The van der Waals surface area contributed by atoms with Crippen LogP contribution in [0.5, 0.6) is 0 Å². The molecule has 2 aromatic heterocycles. The van der Waals surface area contributed by atoms with Crippen molar-refractivity contribution in [3.63, 3.8) is 0 Å². The van der Waals surface area contributed by atoms with Crippen LogP contribution in [0.1, 0.15) is 18.2 Å². The molecule has 2 heterocycles. The zero-order valence-corrected chi connectivity index (χ0v) is 16.8. The van der Waals surface area contributed by atoms with Crippen LogP contribution in [0.15, 0.2) is 102 Å². The highest BCUT2D eigenvalue weighted by atomic mass is 16.3. The van der Waals surface area contributed by atoms with Crippen LogP contribution in [-0.4, -0.2) is 15.0 Å². The van der Waals surface area contributed by atoms with Crippen molar-refractivity contribution in [3.05, 3.63) is 103 Å². The summed E-state index contributed by atoms with van der Waals surface area (Å²) >= 11 is 0. The molecule has 0 spiro atoms. The van der Waals surface area contributed by atoms with Gasteiger partial charge in [0.2, 0.25) is 0 Å². The van der Waals surface area contributed by atoms with Crippen molar-refractivity contribution in [1.82, 2.24) is 15.0 Å². The number of fused-ring (bicyclic) bond motifs is 3. The first kappa shape index (κ1) is 17.8.